The second-order valence-electron chi connectivity index (χ2n) is 1.61. The number of hydrogen-bond donors (Lipinski definition) is 1. The Morgan fingerprint density at radius 1 is 1.71 bits per heavy atom. The lowest BCUT2D eigenvalue weighted by Crippen LogP contribution is -2.18. The first kappa shape index (κ1) is 4.62. The quantitative estimate of drug-likeness (QED) is 0.522. The van der Waals surface area contributed by atoms with Gasteiger partial charge in [-0.25, -0.2) is 0 Å². The maximum atomic E-state index is 9.92. The van der Waals surface area contributed by atoms with E-state index in [1.807, 2.05) is 6.42 Å². The normalized spacial score (nSPS) is 21.1. The maximum absolute atomic E-state index is 9.92. The lowest BCUT2D eigenvalue weighted by Gasteiger charge is -2.18. The van der Waals surface area contributed by atoms with Crippen LogP contribution >= 0.6 is 0 Å². The molecule has 0 aromatic carbocycles. The summed E-state index contributed by atoms with van der Waals surface area (Å²) in [5.41, 5.74) is 0. The summed E-state index contributed by atoms with van der Waals surface area (Å²) in [6.45, 7) is 0. The number of aliphatic carboxylic acids is 1. The van der Waals surface area contributed by atoms with Gasteiger partial charge in [0.15, 0.2) is 0 Å². The van der Waals surface area contributed by atoms with Gasteiger partial charge in [0.2, 0.25) is 0 Å². The van der Waals surface area contributed by atoms with E-state index >= 15 is 0 Å². The van der Waals surface area contributed by atoms with Gasteiger partial charge < -0.3 is 5.11 Å². The summed E-state index contributed by atoms with van der Waals surface area (Å²) in [5, 5.41) is 8.18. The van der Waals surface area contributed by atoms with Crippen molar-refractivity contribution < 1.29 is 9.90 Å². The van der Waals surface area contributed by atoms with Crippen molar-refractivity contribution in [3.63, 3.8) is 0 Å². The van der Waals surface area contributed by atoms with Crippen LogP contribution in [0.5, 0.6) is 0 Å². The predicted molar refractivity (Wildman–Crippen MR) is 24.4 cm³/mol. The molecule has 1 saturated carbocycles. The highest BCUT2D eigenvalue weighted by molar-refractivity contribution is 5.84. The molecular formula is C5H6O2. The van der Waals surface area contributed by atoms with Gasteiger partial charge in [-0.1, -0.05) is 0 Å². The van der Waals surface area contributed by atoms with Gasteiger partial charge in [0.1, 0.15) is 0 Å². The van der Waals surface area contributed by atoms with Gasteiger partial charge in [-0.15, -0.1) is 0 Å². The highest BCUT2D eigenvalue weighted by Gasteiger charge is 2.25. The molecule has 1 N–H and O–H groups in total. The summed E-state index contributed by atoms with van der Waals surface area (Å²) in [4.78, 5) is 9.92. The number of carboxylic acids is 1. The van der Waals surface area contributed by atoms with Gasteiger partial charge in [0.25, 0.3) is 0 Å². The van der Waals surface area contributed by atoms with Crippen LogP contribution < -0.4 is 0 Å². The third-order valence-electron chi connectivity index (χ3n) is 1.08. The largest absolute Gasteiger partial charge is 0.481 e. The average molecular weight is 98.1 g/mol. The Kier molecular flexibility index (Phi) is 1.01. The van der Waals surface area contributed by atoms with Crippen LogP contribution in [0.2, 0.25) is 0 Å². The Morgan fingerprint density at radius 3 is 2.29 bits per heavy atom. The molecule has 1 aliphatic carbocycles. The third kappa shape index (κ3) is 0.734. The molecule has 0 atom stereocenters. The first-order valence-electron chi connectivity index (χ1n) is 2.20. The molecule has 1 fully saturated rings. The zero-order valence-corrected chi connectivity index (χ0v) is 3.85. The predicted octanol–water partition coefficient (Wildman–Crippen LogP) is 0.644. The minimum absolute atomic E-state index is 0.639. The molecule has 0 aromatic heterocycles. The zero-order chi connectivity index (χ0) is 5.28. The van der Waals surface area contributed by atoms with E-state index in [9.17, 15) is 4.79 Å². The molecule has 0 aromatic rings. The van der Waals surface area contributed by atoms with Gasteiger partial charge in [-0.3, -0.25) is 4.79 Å². The molecule has 2 radical (unpaired) electrons. The van der Waals surface area contributed by atoms with Crippen molar-refractivity contribution >= 4 is 5.97 Å². The van der Waals surface area contributed by atoms with E-state index in [1.165, 1.54) is 0 Å². The first-order chi connectivity index (χ1) is 3.30. The fourth-order valence-electron chi connectivity index (χ4n) is 0.463. The number of carbonyl (C=O) groups is 1. The topological polar surface area (TPSA) is 37.3 Å². The molecule has 1 rings (SSSR count). The highest BCUT2D eigenvalue weighted by atomic mass is 16.4. The minimum atomic E-state index is -0.734. The van der Waals surface area contributed by atoms with Gasteiger partial charge in [0.05, 0.1) is 5.92 Å². The van der Waals surface area contributed by atoms with E-state index in [-0.39, 0.29) is 0 Å². The summed E-state index contributed by atoms with van der Waals surface area (Å²) in [7, 11) is 0. The van der Waals surface area contributed by atoms with Crippen molar-refractivity contribution in [3.05, 3.63) is 12.3 Å². The SMILES string of the molecule is O=C(O)[C]1C[CH]C1. The molecule has 0 unspecified atom stereocenters. The number of hydrogen-bond acceptors (Lipinski definition) is 1. The highest BCUT2D eigenvalue weighted by Crippen LogP contribution is 2.26. The van der Waals surface area contributed by atoms with E-state index in [0.717, 1.165) is 0 Å². The van der Waals surface area contributed by atoms with Crippen LogP contribution in [0.4, 0.5) is 0 Å². The third-order valence-corrected chi connectivity index (χ3v) is 1.08. The van der Waals surface area contributed by atoms with E-state index in [4.69, 9.17) is 5.11 Å². The Bertz CT molecular complexity index is 84.1. The van der Waals surface area contributed by atoms with Crippen molar-refractivity contribution in [2.75, 3.05) is 0 Å². The summed E-state index contributed by atoms with van der Waals surface area (Å²) >= 11 is 0. The van der Waals surface area contributed by atoms with Crippen LogP contribution in [-0.4, -0.2) is 11.1 Å². The van der Waals surface area contributed by atoms with Crippen LogP contribution in [0, 0.1) is 12.3 Å². The second kappa shape index (κ2) is 1.52. The van der Waals surface area contributed by atoms with E-state index in [0.29, 0.717) is 18.8 Å². The molecule has 2 heteroatoms. The van der Waals surface area contributed by atoms with E-state index < -0.39 is 5.97 Å². The molecule has 7 heavy (non-hydrogen) atoms. The molecule has 38 valence electrons. The Morgan fingerprint density at radius 2 is 2.29 bits per heavy atom. The fraction of sp³-hybridized carbons (Fsp3) is 0.400. The van der Waals surface area contributed by atoms with Crippen LogP contribution in [-0.2, 0) is 4.79 Å². The van der Waals surface area contributed by atoms with E-state index in [1.54, 1.807) is 0 Å². The standard InChI is InChI=1S/C5H6O2/c6-5(7)4-2-1-3-4/h1H,2-3H2,(H,6,7). The number of rotatable bonds is 1. The van der Waals surface area contributed by atoms with Gasteiger partial charge in [0, 0.05) is 0 Å². The fourth-order valence-corrected chi connectivity index (χ4v) is 0.463. The van der Waals surface area contributed by atoms with Crippen molar-refractivity contribution in [2.24, 2.45) is 0 Å². The zero-order valence-electron chi connectivity index (χ0n) is 3.85. The van der Waals surface area contributed by atoms with Crippen molar-refractivity contribution in [1.82, 2.24) is 0 Å². The van der Waals surface area contributed by atoms with Gasteiger partial charge >= 0.3 is 5.97 Å². The Hall–Kier alpha value is -0.530. The monoisotopic (exact) mass is 98.0 g/mol. The smallest absolute Gasteiger partial charge is 0.310 e. The van der Waals surface area contributed by atoms with Crippen LogP contribution in [0.15, 0.2) is 0 Å². The second-order valence-corrected chi connectivity index (χ2v) is 1.61. The summed E-state index contributed by atoms with van der Waals surface area (Å²) < 4.78 is 0. The summed E-state index contributed by atoms with van der Waals surface area (Å²) in [6, 6.07) is 0. The molecule has 0 heterocycles. The average Bonchev–Trinajstić information content (AvgIpc) is 1.23. The molecule has 1 aliphatic rings. The van der Waals surface area contributed by atoms with Crippen LogP contribution in [0.1, 0.15) is 12.8 Å². The summed E-state index contributed by atoms with van der Waals surface area (Å²) in [5.74, 6) is -0.0949. The molecule has 0 bridgehead atoms. The summed E-state index contributed by atoms with van der Waals surface area (Å²) in [6.07, 6.45) is 3.33. The molecule has 2 nitrogen and oxygen atoms in total. The van der Waals surface area contributed by atoms with Gasteiger partial charge in [-0.05, 0) is 19.3 Å². The van der Waals surface area contributed by atoms with E-state index in [2.05, 4.69) is 0 Å². The Balaban J connectivity index is 2.27. The molecular weight excluding hydrogens is 92.1 g/mol. The first-order valence-corrected chi connectivity index (χ1v) is 2.20. The van der Waals surface area contributed by atoms with Crippen molar-refractivity contribution in [1.29, 1.82) is 0 Å². The lowest BCUT2D eigenvalue weighted by atomic mass is 9.86. The minimum Gasteiger partial charge on any atom is -0.481 e. The van der Waals surface area contributed by atoms with Crippen LogP contribution in [0.3, 0.4) is 0 Å². The Labute approximate surface area is 42.1 Å². The van der Waals surface area contributed by atoms with Crippen molar-refractivity contribution in [2.45, 2.75) is 12.8 Å². The van der Waals surface area contributed by atoms with Crippen molar-refractivity contribution in [3.8, 4) is 0 Å². The molecule has 0 aliphatic heterocycles. The van der Waals surface area contributed by atoms with Crippen LogP contribution in [0.25, 0.3) is 0 Å². The molecule has 0 amide bonds. The molecule has 0 spiro atoms. The molecule has 0 saturated heterocycles. The lowest BCUT2D eigenvalue weighted by molar-refractivity contribution is -0.135. The van der Waals surface area contributed by atoms with Gasteiger partial charge in [-0.2, -0.15) is 0 Å². The maximum Gasteiger partial charge on any atom is 0.310 e. The number of carboxylic acid groups (broad SMARTS) is 1.